The summed E-state index contributed by atoms with van der Waals surface area (Å²) in [5.41, 5.74) is 0.964. The maximum Gasteiger partial charge on any atom is 0.306 e. The zero-order valence-corrected chi connectivity index (χ0v) is 10.7. The number of benzene rings is 1. The van der Waals surface area contributed by atoms with E-state index >= 15 is 0 Å². The number of hydrogen-bond donors (Lipinski definition) is 1. The summed E-state index contributed by atoms with van der Waals surface area (Å²) >= 11 is 0. The van der Waals surface area contributed by atoms with Crippen LogP contribution in [0, 0.1) is 11.8 Å². The van der Waals surface area contributed by atoms with Gasteiger partial charge in [-0.1, -0.05) is 30.3 Å². The molecule has 1 fully saturated rings. The molecule has 0 radical (unpaired) electrons. The van der Waals surface area contributed by atoms with Gasteiger partial charge in [0.2, 0.25) is 0 Å². The summed E-state index contributed by atoms with van der Waals surface area (Å²) in [6, 6.07) is 9.53. The molecule has 0 bridgehead atoms. The molecule has 2 rings (SSSR count). The van der Waals surface area contributed by atoms with E-state index in [0.717, 1.165) is 18.4 Å². The number of aliphatic carboxylic acids is 1. The minimum Gasteiger partial charge on any atom is -0.481 e. The van der Waals surface area contributed by atoms with Crippen LogP contribution in [0.25, 0.3) is 0 Å². The van der Waals surface area contributed by atoms with Crippen LogP contribution in [-0.4, -0.2) is 17.0 Å². The monoisotopic (exact) mass is 262 g/mol. The summed E-state index contributed by atoms with van der Waals surface area (Å²) in [5.74, 6) is -0.697. The number of carboxylic acid groups (broad SMARTS) is 1. The molecule has 2 unspecified atom stereocenters. The molecule has 1 N–H and O–H groups in total. The lowest BCUT2D eigenvalue weighted by Gasteiger charge is -2.34. The molecule has 0 saturated heterocycles. The van der Waals surface area contributed by atoms with Gasteiger partial charge in [0, 0.05) is 12.8 Å². The van der Waals surface area contributed by atoms with Gasteiger partial charge < -0.3 is 9.84 Å². The van der Waals surface area contributed by atoms with Crippen LogP contribution in [0.5, 0.6) is 0 Å². The number of carbonyl (C=O) groups excluding carboxylic acids is 1. The molecule has 1 aromatic carbocycles. The van der Waals surface area contributed by atoms with Gasteiger partial charge in [0.15, 0.2) is 0 Å². The summed E-state index contributed by atoms with van der Waals surface area (Å²) in [6.07, 6.45) is 2.34. The summed E-state index contributed by atoms with van der Waals surface area (Å²) < 4.78 is 5.20. The summed E-state index contributed by atoms with van der Waals surface area (Å²) in [6.45, 7) is 0.288. The Morgan fingerprint density at radius 3 is 2.32 bits per heavy atom. The topological polar surface area (TPSA) is 63.6 Å². The Balaban J connectivity index is 1.71. The fraction of sp³-hybridized carbons (Fsp3) is 0.467. The maximum absolute atomic E-state index is 11.7. The molecule has 4 heteroatoms. The molecule has 1 aromatic rings. The molecule has 102 valence electrons. The zero-order chi connectivity index (χ0) is 13.7. The van der Waals surface area contributed by atoms with Crippen molar-refractivity contribution in [2.24, 2.45) is 11.8 Å². The number of esters is 1. The van der Waals surface area contributed by atoms with Gasteiger partial charge in [-0.2, -0.15) is 0 Å². The van der Waals surface area contributed by atoms with Crippen LogP contribution in [0.1, 0.15) is 31.2 Å². The predicted molar refractivity (Wildman–Crippen MR) is 69.3 cm³/mol. The van der Waals surface area contributed by atoms with Gasteiger partial charge in [0.1, 0.15) is 6.61 Å². The van der Waals surface area contributed by atoms with Crippen molar-refractivity contribution in [1.29, 1.82) is 0 Å². The summed E-state index contributed by atoms with van der Waals surface area (Å²) in [4.78, 5) is 22.3. The van der Waals surface area contributed by atoms with E-state index in [9.17, 15) is 9.59 Å². The highest BCUT2D eigenvalue weighted by molar-refractivity contribution is 5.70. The van der Waals surface area contributed by atoms with Crippen LogP contribution >= 0.6 is 0 Å². The fourth-order valence-corrected chi connectivity index (χ4v) is 2.41. The highest BCUT2D eigenvalue weighted by Crippen LogP contribution is 2.39. The lowest BCUT2D eigenvalue weighted by atomic mass is 9.70. The van der Waals surface area contributed by atoms with Gasteiger partial charge in [-0.3, -0.25) is 9.59 Å². The molecule has 0 amide bonds. The first-order valence-electron chi connectivity index (χ1n) is 6.56. The molecule has 2 atom stereocenters. The summed E-state index contributed by atoms with van der Waals surface area (Å²) in [7, 11) is 0. The molecule has 0 aliphatic heterocycles. The Morgan fingerprint density at radius 1 is 1.11 bits per heavy atom. The largest absolute Gasteiger partial charge is 0.481 e. The average molecular weight is 262 g/mol. The predicted octanol–water partition coefficient (Wildman–Crippen LogP) is 2.62. The Kier molecular flexibility index (Phi) is 4.55. The van der Waals surface area contributed by atoms with Crippen molar-refractivity contribution in [3.63, 3.8) is 0 Å². The van der Waals surface area contributed by atoms with Crippen LogP contribution < -0.4 is 0 Å². The van der Waals surface area contributed by atoms with E-state index in [1.165, 1.54) is 0 Å². The quantitative estimate of drug-likeness (QED) is 0.800. The van der Waals surface area contributed by atoms with Gasteiger partial charge in [-0.15, -0.1) is 0 Å². The first-order chi connectivity index (χ1) is 9.15. The number of ether oxygens (including phenoxy) is 1. The van der Waals surface area contributed by atoms with Gasteiger partial charge in [-0.25, -0.2) is 0 Å². The second kappa shape index (κ2) is 6.36. The highest BCUT2D eigenvalue weighted by atomic mass is 16.5. The maximum atomic E-state index is 11.7. The molecule has 0 heterocycles. The van der Waals surface area contributed by atoms with Gasteiger partial charge in [-0.05, 0) is 30.2 Å². The Labute approximate surface area is 112 Å². The van der Waals surface area contributed by atoms with Crippen LogP contribution in [0.2, 0.25) is 0 Å². The molecule has 1 aliphatic rings. The van der Waals surface area contributed by atoms with E-state index in [1.54, 1.807) is 0 Å². The molecule has 0 aromatic heterocycles. The Morgan fingerprint density at radius 2 is 1.74 bits per heavy atom. The minimum atomic E-state index is -0.785. The van der Waals surface area contributed by atoms with Crippen molar-refractivity contribution < 1.29 is 19.4 Å². The van der Waals surface area contributed by atoms with E-state index in [0.29, 0.717) is 6.42 Å². The van der Waals surface area contributed by atoms with Crippen LogP contribution in [0.15, 0.2) is 30.3 Å². The third-order valence-electron chi connectivity index (χ3n) is 3.68. The van der Waals surface area contributed by atoms with Crippen molar-refractivity contribution in [3.8, 4) is 0 Å². The molecule has 19 heavy (non-hydrogen) atoms. The molecule has 1 saturated carbocycles. The molecule has 0 spiro atoms. The standard InChI is InChI=1S/C15H18O4/c16-14(17)8-12-6-7-13(12)9-15(18)19-10-11-4-2-1-3-5-11/h1-5,12-13H,6-10H2,(H,16,17). The smallest absolute Gasteiger partial charge is 0.306 e. The van der Waals surface area contributed by atoms with Gasteiger partial charge in [0.05, 0.1) is 0 Å². The lowest BCUT2D eigenvalue weighted by Crippen LogP contribution is -2.30. The number of carboxylic acids is 1. The van der Waals surface area contributed by atoms with Crippen LogP contribution in [-0.2, 0) is 20.9 Å². The van der Waals surface area contributed by atoms with Crippen molar-refractivity contribution in [3.05, 3.63) is 35.9 Å². The Bertz CT molecular complexity index is 441. The highest BCUT2D eigenvalue weighted by Gasteiger charge is 2.34. The minimum absolute atomic E-state index is 0.141. The third-order valence-corrected chi connectivity index (χ3v) is 3.68. The first-order valence-corrected chi connectivity index (χ1v) is 6.56. The first kappa shape index (κ1) is 13.6. The van der Waals surface area contributed by atoms with E-state index < -0.39 is 5.97 Å². The van der Waals surface area contributed by atoms with Gasteiger partial charge in [0.25, 0.3) is 0 Å². The SMILES string of the molecule is O=C(O)CC1CCC1CC(=O)OCc1ccccc1. The fourth-order valence-electron chi connectivity index (χ4n) is 2.41. The lowest BCUT2D eigenvalue weighted by molar-refractivity contribution is -0.149. The van der Waals surface area contributed by atoms with E-state index in [4.69, 9.17) is 9.84 Å². The van der Waals surface area contributed by atoms with Crippen molar-refractivity contribution >= 4 is 11.9 Å². The summed E-state index contributed by atoms with van der Waals surface area (Å²) in [5, 5.41) is 8.74. The van der Waals surface area contributed by atoms with Crippen LogP contribution in [0.3, 0.4) is 0 Å². The second-order valence-electron chi connectivity index (χ2n) is 5.05. The second-order valence-corrected chi connectivity index (χ2v) is 5.05. The molecular weight excluding hydrogens is 244 g/mol. The molecule has 1 aliphatic carbocycles. The van der Waals surface area contributed by atoms with E-state index in [1.807, 2.05) is 30.3 Å². The van der Waals surface area contributed by atoms with Gasteiger partial charge >= 0.3 is 11.9 Å². The van der Waals surface area contributed by atoms with Crippen molar-refractivity contribution in [2.45, 2.75) is 32.3 Å². The average Bonchev–Trinajstić information content (AvgIpc) is 2.40. The van der Waals surface area contributed by atoms with Crippen molar-refractivity contribution in [2.75, 3.05) is 0 Å². The number of rotatable bonds is 6. The molecule has 4 nitrogen and oxygen atoms in total. The zero-order valence-electron chi connectivity index (χ0n) is 10.7. The van der Waals surface area contributed by atoms with E-state index in [2.05, 4.69) is 0 Å². The molecular formula is C15H18O4. The number of hydrogen-bond acceptors (Lipinski definition) is 3. The van der Waals surface area contributed by atoms with Crippen LogP contribution in [0.4, 0.5) is 0 Å². The number of carbonyl (C=O) groups is 2. The third kappa shape index (κ3) is 4.09. The normalized spacial score (nSPS) is 21.5. The Hall–Kier alpha value is -1.84. The van der Waals surface area contributed by atoms with Crippen molar-refractivity contribution in [1.82, 2.24) is 0 Å². The van der Waals surface area contributed by atoms with E-state index in [-0.39, 0.29) is 30.8 Å².